The van der Waals surface area contributed by atoms with Crippen LogP contribution in [0.3, 0.4) is 0 Å². The Balaban J connectivity index is 4.73. The zero-order valence-corrected chi connectivity index (χ0v) is 36.5. The summed E-state index contributed by atoms with van der Waals surface area (Å²) in [5.41, 5.74) is -2.64. The molecule has 0 aromatic heterocycles. The number of phosphoric ester groups is 1. The zero-order chi connectivity index (χ0) is 40.4. The summed E-state index contributed by atoms with van der Waals surface area (Å²) < 4.78 is 23.0. The van der Waals surface area contributed by atoms with E-state index in [0.29, 0.717) is 23.9 Å². The molecule has 0 radical (unpaired) electrons. The van der Waals surface area contributed by atoms with Crippen molar-refractivity contribution in [3.8, 4) is 0 Å². The Labute approximate surface area is 332 Å². The van der Waals surface area contributed by atoms with Gasteiger partial charge in [-0.05, 0) is 64.2 Å². The first-order chi connectivity index (χ1) is 25.8. The second-order valence-corrected chi connectivity index (χ2v) is 17.9. The predicted molar refractivity (Wildman–Crippen MR) is 224 cm³/mol. The van der Waals surface area contributed by atoms with Crippen molar-refractivity contribution in [3.05, 3.63) is 24.3 Å². The molecule has 0 aliphatic heterocycles. The van der Waals surface area contributed by atoms with Crippen LogP contribution in [0.2, 0.25) is 0 Å². The molecule has 0 aromatic rings. The summed E-state index contributed by atoms with van der Waals surface area (Å²) in [5, 5.41) is 22.3. The Hall–Kier alpha value is -1.19. The third-order valence-corrected chi connectivity index (χ3v) is 11.0. The van der Waals surface area contributed by atoms with E-state index in [4.69, 9.17) is 9.05 Å². The summed E-state index contributed by atoms with van der Waals surface area (Å²) in [6, 6.07) is 0. The van der Waals surface area contributed by atoms with E-state index in [9.17, 15) is 29.3 Å². The van der Waals surface area contributed by atoms with E-state index in [-0.39, 0.29) is 19.4 Å². The molecule has 3 unspecified atom stereocenters. The molecule has 0 saturated carbocycles. The molecule has 0 bridgehead atoms. The van der Waals surface area contributed by atoms with Crippen molar-refractivity contribution in [2.75, 3.05) is 34.3 Å². The normalized spacial score (nSPS) is 15.2. The van der Waals surface area contributed by atoms with Crippen molar-refractivity contribution in [3.63, 3.8) is 0 Å². The van der Waals surface area contributed by atoms with Gasteiger partial charge in [0.05, 0.1) is 21.1 Å². The van der Waals surface area contributed by atoms with Gasteiger partial charge in [0.15, 0.2) is 11.4 Å². The van der Waals surface area contributed by atoms with Gasteiger partial charge in [0.1, 0.15) is 18.9 Å². The molecule has 0 saturated heterocycles. The van der Waals surface area contributed by atoms with E-state index < -0.39 is 37.7 Å². The number of likely N-dealkylation sites (N-methyl/N-ethyl adjacent to an activating group) is 1. The fourth-order valence-electron chi connectivity index (χ4n) is 6.35. The minimum absolute atomic E-state index is 0.0755. The van der Waals surface area contributed by atoms with E-state index in [0.717, 1.165) is 77.0 Å². The number of hydrogen-bond acceptors (Lipinski definition) is 7. The lowest BCUT2D eigenvalue weighted by Crippen LogP contribution is -2.52. The van der Waals surface area contributed by atoms with Crippen LogP contribution in [0.1, 0.15) is 200 Å². The topological polar surface area (TPSA) is 130 Å². The van der Waals surface area contributed by atoms with Crippen LogP contribution in [0.5, 0.6) is 0 Å². The number of carbonyl (C=O) groups is 2. The van der Waals surface area contributed by atoms with Gasteiger partial charge < -0.3 is 19.6 Å². The second kappa shape index (κ2) is 33.9. The van der Waals surface area contributed by atoms with Gasteiger partial charge in [-0.3, -0.25) is 18.6 Å². The molecule has 54 heavy (non-hydrogen) atoms. The van der Waals surface area contributed by atoms with Crippen LogP contribution in [-0.2, 0) is 23.2 Å². The number of phosphoric acid groups is 1. The van der Waals surface area contributed by atoms with E-state index >= 15 is 0 Å². The SMILES string of the molecule is CCCCCCCCC=CCCCCCCCC(=O)CC(O)(C(=O)CCCCCCCC=CCCCCCCCC)C(O)OP(=O)(O)OCC[N+](C)(C)C. The standard InChI is InChI=1S/C44H84NO8P/c1-6-8-10-12-14-16-18-20-22-24-26-28-30-32-34-36-41(46)40-44(49,43(48)53-54(50,51)52-39-38-45(3,4)5)42(47)37-35-33-31-29-27-25-23-21-19-17-15-13-11-9-7-2/h20-23,43,48-49H,6-19,24-40H2,1-5H3/p+1. The van der Waals surface area contributed by atoms with Crippen LogP contribution in [0, 0.1) is 0 Å². The van der Waals surface area contributed by atoms with Crippen molar-refractivity contribution in [2.24, 2.45) is 0 Å². The molecule has 0 aliphatic rings. The maximum atomic E-state index is 13.3. The Morgan fingerprint density at radius 3 is 1.41 bits per heavy atom. The highest BCUT2D eigenvalue weighted by atomic mass is 31.2. The lowest BCUT2D eigenvalue weighted by molar-refractivity contribution is -0.870. The van der Waals surface area contributed by atoms with Gasteiger partial charge in [0.2, 0.25) is 6.29 Å². The lowest BCUT2D eigenvalue weighted by atomic mass is 9.87. The fraction of sp³-hybridized carbons (Fsp3) is 0.864. The molecule has 0 aromatic carbocycles. The van der Waals surface area contributed by atoms with Crippen LogP contribution in [0.4, 0.5) is 0 Å². The third kappa shape index (κ3) is 32.0. The maximum Gasteiger partial charge on any atom is 0.474 e. The average Bonchev–Trinajstić information content (AvgIpc) is 3.10. The monoisotopic (exact) mass is 787 g/mol. The Kier molecular flexibility index (Phi) is 33.2. The van der Waals surface area contributed by atoms with Crippen molar-refractivity contribution in [1.29, 1.82) is 0 Å². The highest BCUT2D eigenvalue weighted by Crippen LogP contribution is 2.46. The van der Waals surface area contributed by atoms with Gasteiger partial charge >= 0.3 is 7.82 Å². The predicted octanol–water partition coefficient (Wildman–Crippen LogP) is 11.5. The van der Waals surface area contributed by atoms with Crippen LogP contribution in [0.25, 0.3) is 0 Å². The number of nitrogens with zero attached hydrogens (tertiary/aromatic N) is 1. The van der Waals surface area contributed by atoms with Crippen LogP contribution in [-0.4, -0.2) is 77.3 Å². The molecule has 10 heteroatoms. The number of carbonyl (C=O) groups excluding carboxylic acids is 2. The maximum absolute atomic E-state index is 13.3. The van der Waals surface area contributed by atoms with Gasteiger partial charge in [-0.1, -0.05) is 141 Å². The number of unbranched alkanes of at least 4 members (excludes halogenated alkanes) is 22. The number of allylic oxidation sites excluding steroid dienone is 4. The van der Waals surface area contributed by atoms with E-state index in [1.54, 1.807) is 0 Å². The highest BCUT2D eigenvalue weighted by Gasteiger charge is 2.48. The van der Waals surface area contributed by atoms with Crippen LogP contribution < -0.4 is 0 Å². The number of hydrogen-bond donors (Lipinski definition) is 3. The molecule has 0 amide bonds. The minimum atomic E-state index is -4.82. The van der Waals surface area contributed by atoms with Gasteiger partial charge in [-0.15, -0.1) is 0 Å². The summed E-state index contributed by atoms with van der Waals surface area (Å²) in [5.74, 6) is -1.16. The molecule has 0 fully saturated rings. The molecule has 3 atom stereocenters. The number of aliphatic hydroxyl groups is 2. The minimum Gasteiger partial charge on any atom is -0.377 e. The first kappa shape index (κ1) is 52.8. The van der Waals surface area contributed by atoms with Gasteiger partial charge in [0.25, 0.3) is 0 Å². The highest BCUT2D eigenvalue weighted by molar-refractivity contribution is 7.47. The first-order valence-electron chi connectivity index (χ1n) is 22.0. The molecule has 0 rings (SSSR count). The Morgan fingerprint density at radius 2 is 1.00 bits per heavy atom. The molecule has 0 heterocycles. The van der Waals surface area contributed by atoms with E-state index in [1.807, 2.05) is 21.1 Å². The molecule has 318 valence electrons. The lowest BCUT2D eigenvalue weighted by Gasteiger charge is -2.31. The van der Waals surface area contributed by atoms with Crippen LogP contribution in [0.15, 0.2) is 24.3 Å². The molecule has 3 N–H and O–H groups in total. The van der Waals surface area contributed by atoms with Gasteiger partial charge in [0, 0.05) is 19.3 Å². The summed E-state index contributed by atoms with van der Waals surface area (Å²) >= 11 is 0. The first-order valence-corrected chi connectivity index (χ1v) is 23.5. The van der Waals surface area contributed by atoms with Crippen molar-refractivity contribution in [2.45, 2.75) is 212 Å². The molecule has 0 spiro atoms. The van der Waals surface area contributed by atoms with E-state index in [2.05, 4.69) is 38.2 Å². The van der Waals surface area contributed by atoms with Gasteiger partial charge in [-0.25, -0.2) is 4.57 Å². The van der Waals surface area contributed by atoms with Crippen molar-refractivity contribution in [1.82, 2.24) is 0 Å². The summed E-state index contributed by atoms with van der Waals surface area (Å²) in [7, 11) is 0.829. The second-order valence-electron chi connectivity index (χ2n) is 16.5. The summed E-state index contributed by atoms with van der Waals surface area (Å²) in [6.07, 6.45) is 35.1. The summed E-state index contributed by atoms with van der Waals surface area (Å²) in [6.45, 7) is 4.72. The molecule has 0 aliphatic carbocycles. The van der Waals surface area contributed by atoms with Crippen molar-refractivity contribution >= 4 is 19.4 Å². The van der Waals surface area contributed by atoms with Crippen LogP contribution >= 0.6 is 7.82 Å². The number of rotatable bonds is 40. The molecular weight excluding hydrogens is 701 g/mol. The zero-order valence-electron chi connectivity index (χ0n) is 35.6. The largest absolute Gasteiger partial charge is 0.474 e. The number of quaternary nitrogens is 1. The number of aliphatic hydroxyl groups excluding tert-OH is 1. The third-order valence-electron chi connectivity index (χ3n) is 9.99. The van der Waals surface area contributed by atoms with Crippen molar-refractivity contribution < 1.29 is 42.8 Å². The Bertz CT molecular complexity index is 1030. The molecular formula is C44H85NO8P+. The quantitative estimate of drug-likeness (QED) is 0.0184. The fourth-order valence-corrected chi connectivity index (χ4v) is 7.15. The molecule has 9 nitrogen and oxygen atoms in total. The summed E-state index contributed by atoms with van der Waals surface area (Å²) in [4.78, 5) is 36.6. The smallest absolute Gasteiger partial charge is 0.377 e. The number of Topliss-reactive ketones (excluding diaryl/α,β-unsaturated/α-hetero) is 2. The number of ketones is 2. The van der Waals surface area contributed by atoms with Gasteiger partial charge in [-0.2, -0.15) is 0 Å². The van der Waals surface area contributed by atoms with E-state index in [1.165, 1.54) is 77.0 Å². The average molecular weight is 787 g/mol. The Morgan fingerprint density at radius 1 is 0.630 bits per heavy atom.